The molecule has 0 fully saturated rings. The van der Waals surface area contributed by atoms with Crippen LogP contribution < -0.4 is 11.1 Å². The van der Waals surface area contributed by atoms with E-state index < -0.39 is 0 Å². The molecule has 0 saturated carbocycles. The van der Waals surface area contributed by atoms with E-state index in [4.69, 9.17) is 5.73 Å². The minimum atomic E-state index is -0.340. The smallest absolute Gasteiger partial charge is 0.252 e. The Bertz CT molecular complexity index is 415. The van der Waals surface area contributed by atoms with Gasteiger partial charge in [-0.3, -0.25) is 4.79 Å². The average Bonchev–Trinajstić information content (AvgIpc) is 2.28. The fourth-order valence-corrected chi connectivity index (χ4v) is 2.26. The summed E-state index contributed by atoms with van der Waals surface area (Å²) >= 11 is 0. The molecule has 3 N–H and O–H groups in total. The molecule has 1 unspecified atom stereocenters. The van der Waals surface area contributed by atoms with Crippen LogP contribution in [0.1, 0.15) is 43.1 Å². The number of aryl methyl sites for hydroxylation is 1. The van der Waals surface area contributed by atoms with Crippen LogP contribution in [0.15, 0.2) is 24.3 Å². The van der Waals surface area contributed by atoms with E-state index in [1.165, 1.54) is 0 Å². The Morgan fingerprint density at radius 1 is 1.39 bits per heavy atom. The summed E-state index contributed by atoms with van der Waals surface area (Å²) in [5, 5.41) is 3.07. The van der Waals surface area contributed by atoms with Crippen molar-refractivity contribution in [1.82, 2.24) is 5.32 Å². The van der Waals surface area contributed by atoms with Gasteiger partial charge >= 0.3 is 0 Å². The van der Waals surface area contributed by atoms with E-state index in [2.05, 4.69) is 19.2 Å². The van der Waals surface area contributed by atoms with Crippen molar-refractivity contribution in [1.29, 1.82) is 0 Å². The van der Waals surface area contributed by atoms with Crippen LogP contribution in [0, 0.1) is 12.8 Å². The second-order valence-corrected chi connectivity index (χ2v) is 5.63. The average molecular weight is 248 g/mol. The minimum absolute atomic E-state index is 0.0401. The number of hydrogen-bond donors (Lipinski definition) is 2. The number of amides is 1. The van der Waals surface area contributed by atoms with Crippen LogP contribution in [0.25, 0.3) is 0 Å². The van der Waals surface area contributed by atoms with Crippen molar-refractivity contribution in [3.63, 3.8) is 0 Å². The molecule has 18 heavy (non-hydrogen) atoms. The molecule has 100 valence electrons. The molecule has 1 aromatic rings. The van der Waals surface area contributed by atoms with Gasteiger partial charge in [0, 0.05) is 17.6 Å². The second kappa shape index (κ2) is 6.01. The van der Waals surface area contributed by atoms with Gasteiger partial charge in [0.15, 0.2) is 0 Å². The molecule has 3 heteroatoms. The highest BCUT2D eigenvalue weighted by atomic mass is 16.1. The van der Waals surface area contributed by atoms with Gasteiger partial charge in [-0.05, 0) is 37.8 Å². The topological polar surface area (TPSA) is 55.1 Å². The third-order valence-corrected chi connectivity index (χ3v) is 3.11. The summed E-state index contributed by atoms with van der Waals surface area (Å²) in [6, 6.07) is 7.60. The maximum Gasteiger partial charge on any atom is 0.252 e. The number of carbonyl (C=O) groups is 1. The molecule has 0 saturated heterocycles. The van der Waals surface area contributed by atoms with Crippen LogP contribution in [0.4, 0.5) is 0 Å². The molecule has 0 aliphatic heterocycles. The molecule has 0 aliphatic rings. The van der Waals surface area contributed by atoms with Crippen molar-refractivity contribution >= 4 is 5.91 Å². The lowest BCUT2D eigenvalue weighted by Gasteiger charge is -2.31. The molecule has 1 atom stereocenters. The van der Waals surface area contributed by atoms with Crippen molar-refractivity contribution in [2.24, 2.45) is 11.7 Å². The minimum Gasteiger partial charge on any atom is -0.346 e. The number of nitrogens with two attached hydrogens (primary N) is 1. The van der Waals surface area contributed by atoms with Crippen molar-refractivity contribution in [3.8, 4) is 0 Å². The number of carbonyl (C=O) groups excluding carboxylic acids is 1. The summed E-state index contributed by atoms with van der Waals surface area (Å²) in [6.45, 7) is 8.66. The summed E-state index contributed by atoms with van der Waals surface area (Å²) in [6.07, 6.45) is 0.876. The number of nitrogens with one attached hydrogen (secondary N) is 1. The Morgan fingerprint density at radius 2 is 2.00 bits per heavy atom. The van der Waals surface area contributed by atoms with Crippen LogP contribution >= 0.6 is 0 Å². The van der Waals surface area contributed by atoms with E-state index in [-0.39, 0.29) is 11.4 Å². The van der Waals surface area contributed by atoms with E-state index in [1.807, 2.05) is 38.1 Å². The first-order valence-electron chi connectivity index (χ1n) is 6.46. The van der Waals surface area contributed by atoms with Gasteiger partial charge in [0.1, 0.15) is 0 Å². The summed E-state index contributed by atoms with van der Waals surface area (Å²) < 4.78 is 0. The molecular weight excluding hydrogens is 224 g/mol. The largest absolute Gasteiger partial charge is 0.346 e. The highest BCUT2D eigenvalue weighted by Gasteiger charge is 2.26. The fourth-order valence-electron chi connectivity index (χ4n) is 2.26. The highest BCUT2D eigenvalue weighted by molar-refractivity contribution is 5.96. The molecule has 0 aromatic heterocycles. The molecule has 0 bridgehead atoms. The maximum absolute atomic E-state index is 12.3. The van der Waals surface area contributed by atoms with Crippen molar-refractivity contribution in [2.45, 2.75) is 39.7 Å². The van der Waals surface area contributed by atoms with Gasteiger partial charge in [0.2, 0.25) is 0 Å². The number of rotatable bonds is 5. The zero-order chi connectivity index (χ0) is 13.8. The lowest BCUT2D eigenvalue weighted by atomic mass is 9.90. The first kappa shape index (κ1) is 14.7. The molecular formula is C15H24N2O. The Morgan fingerprint density at radius 3 is 2.50 bits per heavy atom. The molecule has 0 aliphatic carbocycles. The van der Waals surface area contributed by atoms with Crippen LogP contribution in [0.5, 0.6) is 0 Å². The van der Waals surface area contributed by atoms with Crippen molar-refractivity contribution in [2.75, 3.05) is 6.54 Å². The fraction of sp³-hybridized carbons (Fsp3) is 0.533. The van der Waals surface area contributed by atoms with Gasteiger partial charge in [0.25, 0.3) is 5.91 Å². The Balaban J connectivity index is 2.83. The van der Waals surface area contributed by atoms with Gasteiger partial charge in [-0.2, -0.15) is 0 Å². The second-order valence-electron chi connectivity index (χ2n) is 5.63. The van der Waals surface area contributed by atoms with Crippen molar-refractivity contribution in [3.05, 3.63) is 35.4 Å². The van der Waals surface area contributed by atoms with E-state index in [1.54, 1.807) is 0 Å². The van der Waals surface area contributed by atoms with Gasteiger partial charge in [-0.15, -0.1) is 0 Å². The molecule has 1 aromatic carbocycles. The Hall–Kier alpha value is -1.35. The predicted octanol–water partition coefficient (Wildman–Crippen LogP) is 2.49. The van der Waals surface area contributed by atoms with Gasteiger partial charge in [-0.1, -0.05) is 32.0 Å². The van der Waals surface area contributed by atoms with Gasteiger partial charge in [-0.25, -0.2) is 0 Å². The first-order chi connectivity index (χ1) is 8.38. The SMILES string of the molecule is Cc1ccccc1C(=O)NC(C)(CN)CC(C)C. The highest BCUT2D eigenvalue weighted by Crippen LogP contribution is 2.17. The standard InChI is InChI=1S/C15H24N2O/c1-11(2)9-15(4,10-16)17-14(18)13-8-6-5-7-12(13)3/h5-8,11H,9-10,16H2,1-4H3,(H,17,18). The molecule has 1 amide bonds. The number of hydrogen-bond acceptors (Lipinski definition) is 2. The summed E-state index contributed by atoms with van der Waals surface area (Å²) in [5.74, 6) is 0.456. The normalized spacial score (nSPS) is 14.3. The van der Waals surface area contributed by atoms with Gasteiger partial charge in [0.05, 0.1) is 0 Å². The summed E-state index contributed by atoms with van der Waals surface area (Å²) in [4.78, 5) is 12.3. The summed E-state index contributed by atoms with van der Waals surface area (Å²) in [7, 11) is 0. The molecule has 0 radical (unpaired) electrons. The third kappa shape index (κ3) is 3.84. The lowest BCUT2D eigenvalue weighted by molar-refractivity contribution is 0.0897. The van der Waals surface area contributed by atoms with Crippen LogP contribution in [-0.2, 0) is 0 Å². The third-order valence-electron chi connectivity index (χ3n) is 3.11. The van der Waals surface area contributed by atoms with E-state index in [0.29, 0.717) is 12.5 Å². The number of benzene rings is 1. The van der Waals surface area contributed by atoms with E-state index >= 15 is 0 Å². The monoisotopic (exact) mass is 248 g/mol. The van der Waals surface area contributed by atoms with Crippen LogP contribution in [-0.4, -0.2) is 18.0 Å². The lowest BCUT2D eigenvalue weighted by Crippen LogP contribution is -2.52. The zero-order valence-electron chi connectivity index (χ0n) is 11.8. The molecule has 0 heterocycles. The van der Waals surface area contributed by atoms with E-state index in [9.17, 15) is 4.79 Å². The van der Waals surface area contributed by atoms with Crippen LogP contribution in [0.3, 0.4) is 0 Å². The molecule has 1 rings (SSSR count). The molecule has 0 spiro atoms. The first-order valence-corrected chi connectivity index (χ1v) is 6.46. The summed E-state index contributed by atoms with van der Waals surface area (Å²) in [5.41, 5.74) is 7.17. The quantitative estimate of drug-likeness (QED) is 0.841. The van der Waals surface area contributed by atoms with Crippen molar-refractivity contribution < 1.29 is 4.79 Å². The predicted molar refractivity (Wildman–Crippen MR) is 75.6 cm³/mol. The zero-order valence-corrected chi connectivity index (χ0v) is 11.8. The van der Waals surface area contributed by atoms with Crippen LogP contribution in [0.2, 0.25) is 0 Å². The Labute approximate surface area is 110 Å². The Kier molecular flexibility index (Phi) is 4.91. The van der Waals surface area contributed by atoms with E-state index in [0.717, 1.165) is 17.5 Å². The molecule has 3 nitrogen and oxygen atoms in total. The maximum atomic E-state index is 12.3. The van der Waals surface area contributed by atoms with Gasteiger partial charge < -0.3 is 11.1 Å².